The van der Waals surface area contributed by atoms with E-state index in [4.69, 9.17) is 9.47 Å². The smallest absolute Gasteiger partial charge is 0.222 e. The van der Waals surface area contributed by atoms with Crippen LogP contribution >= 0.6 is 0 Å². The van der Waals surface area contributed by atoms with E-state index in [1.807, 2.05) is 29.2 Å². The first-order valence-corrected chi connectivity index (χ1v) is 13.3. The van der Waals surface area contributed by atoms with Gasteiger partial charge in [-0.25, -0.2) is 8.78 Å². The standard InChI is InChI=1S/C31H36F2N2O3/c1-37-28-14-16-29(17-15-28)38-23-22-34-18-20-35(21-19-34)31(36)5-3-2-4-30(24-6-10-26(32)11-7-24)25-8-12-27(33)13-9-25/h6-17,30H,2-5,18-23H2,1H3. The lowest BCUT2D eigenvalue weighted by atomic mass is 9.87. The average Bonchev–Trinajstić information content (AvgIpc) is 2.95. The van der Waals surface area contributed by atoms with Crippen molar-refractivity contribution in [3.63, 3.8) is 0 Å². The number of halogens is 2. The molecule has 38 heavy (non-hydrogen) atoms. The molecule has 1 aliphatic rings. The SMILES string of the molecule is COc1ccc(OCCN2CCN(C(=O)CCCCC(c3ccc(F)cc3)c3ccc(F)cc3)CC2)cc1. The highest BCUT2D eigenvalue weighted by Gasteiger charge is 2.21. The number of nitrogens with zero attached hydrogens (tertiary/aromatic N) is 2. The molecule has 0 N–H and O–H groups in total. The zero-order chi connectivity index (χ0) is 26.7. The molecule has 202 valence electrons. The van der Waals surface area contributed by atoms with Gasteiger partial charge in [-0.05, 0) is 72.5 Å². The monoisotopic (exact) mass is 522 g/mol. The molecule has 1 saturated heterocycles. The van der Waals surface area contributed by atoms with Crippen molar-refractivity contribution >= 4 is 5.91 Å². The van der Waals surface area contributed by atoms with Gasteiger partial charge in [0.05, 0.1) is 7.11 Å². The maximum absolute atomic E-state index is 13.5. The topological polar surface area (TPSA) is 42.0 Å². The lowest BCUT2D eigenvalue weighted by Gasteiger charge is -2.34. The summed E-state index contributed by atoms with van der Waals surface area (Å²) in [6, 6.07) is 20.5. The van der Waals surface area contributed by atoms with Gasteiger partial charge >= 0.3 is 0 Å². The van der Waals surface area contributed by atoms with Gasteiger partial charge in [0.2, 0.25) is 5.91 Å². The number of ether oxygens (including phenoxy) is 2. The molecule has 0 aromatic heterocycles. The molecule has 7 heteroatoms. The van der Waals surface area contributed by atoms with Gasteiger partial charge in [0, 0.05) is 45.1 Å². The molecule has 1 fully saturated rings. The number of methoxy groups -OCH3 is 1. The molecule has 4 rings (SSSR count). The Kier molecular flexibility index (Phi) is 10.1. The number of rotatable bonds is 12. The number of piperazine rings is 1. The van der Waals surface area contributed by atoms with Crippen LogP contribution in [0.5, 0.6) is 11.5 Å². The van der Waals surface area contributed by atoms with Crippen molar-refractivity contribution in [3.8, 4) is 11.5 Å². The zero-order valence-electron chi connectivity index (χ0n) is 22.0. The second kappa shape index (κ2) is 13.9. The fourth-order valence-electron chi connectivity index (χ4n) is 4.88. The molecular formula is C31H36F2N2O3. The van der Waals surface area contributed by atoms with Crippen molar-refractivity contribution < 1.29 is 23.0 Å². The summed E-state index contributed by atoms with van der Waals surface area (Å²) in [5.74, 6) is 1.30. The summed E-state index contributed by atoms with van der Waals surface area (Å²) in [5.41, 5.74) is 1.99. The lowest BCUT2D eigenvalue weighted by molar-refractivity contribution is -0.133. The number of benzene rings is 3. The third kappa shape index (κ3) is 8.02. The van der Waals surface area contributed by atoms with Crippen LogP contribution in [0, 0.1) is 11.6 Å². The van der Waals surface area contributed by atoms with E-state index >= 15 is 0 Å². The first kappa shape index (κ1) is 27.6. The van der Waals surface area contributed by atoms with Gasteiger partial charge in [0.25, 0.3) is 0 Å². The Labute approximate surface area is 224 Å². The first-order valence-electron chi connectivity index (χ1n) is 13.3. The summed E-state index contributed by atoms with van der Waals surface area (Å²) in [7, 11) is 1.64. The van der Waals surface area contributed by atoms with Crippen molar-refractivity contribution in [2.24, 2.45) is 0 Å². The van der Waals surface area contributed by atoms with Crippen LogP contribution in [0.1, 0.15) is 42.7 Å². The quantitative estimate of drug-likeness (QED) is 0.278. The average molecular weight is 523 g/mol. The Hall–Kier alpha value is -3.45. The fraction of sp³-hybridized carbons (Fsp3) is 0.387. The molecule has 0 radical (unpaired) electrons. The summed E-state index contributed by atoms with van der Waals surface area (Å²) in [6.07, 6.45) is 2.97. The molecular weight excluding hydrogens is 486 g/mol. The number of carbonyl (C=O) groups is 1. The Bertz CT molecular complexity index is 1080. The van der Waals surface area contributed by atoms with Crippen LogP contribution in [-0.4, -0.2) is 62.1 Å². The molecule has 0 aliphatic carbocycles. The van der Waals surface area contributed by atoms with Gasteiger partial charge in [-0.15, -0.1) is 0 Å². The van der Waals surface area contributed by atoms with Gasteiger partial charge in [-0.1, -0.05) is 30.7 Å². The predicted molar refractivity (Wildman–Crippen MR) is 145 cm³/mol. The van der Waals surface area contributed by atoms with Gasteiger partial charge < -0.3 is 14.4 Å². The van der Waals surface area contributed by atoms with Crippen molar-refractivity contribution in [2.75, 3.05) is 46.4 Å². The third-order valence-electron chi connectivity index (χ3n) is 7.14. The molecule has 3 aromatic rings. The summed E-state index contributed by atoms with van der Waals surface area (Å²) in [4.78, 5) is 17.1. The largest absolute Gasteiger partial charge is 0.497 e. The maximum Gasteiger partial charge on any atom is 0.222 e. The lowest BCUT2D eigenvalue weighted by Crippen LogP contribution is -2.49. The zero-order valence-corrected chi connectivity index (χ0v) is 22.0. The molecule has 1 amide bonds. The van der Waals surface area contributed by atoms with E-state index in [0.717, 1.165) is 74.6 Å². The van der Waals surface area contributed by atoms with Gasteiger partial charge in [0.1, 0.15) is 29.7 Å². The minimum absolute atomic E-state index is 0.0370. The second-order valence-electron chi connectivity index (χ2n) is 9.65. The van der Waals surface area contributed by atoms with E-state index in [0.29, 0.717) is 13.0 Å². The normalized spacial score (nSPS) is 14.1. The van der Waals surface area contributed by atoms with Crippen molar-refractivity contribution in [1.29, 1.82) is 0 Å². The van der Waals surface area contributed by atoms with E-state index in [1.54, 1.807) is 31.4 Å². The fourth-order valence-corrected chi connectivity index (χ4v) is 4.88. The first-order chi connectivity index (χ1) is 18.5. The highest BCUT2D eigenvalue weighted by Crippen LogP contribution is 2.30. The number of carbonyl (C=O) groups excluding carboxylic acids is 1. The van der Waals surface area contributed by atoms with E-state index in [2.05, 4.69) is 4.90 Å². The predicted octanol–water partition coefficient (Wildman–Crippen LogP) is 5.89. The minimum Gasteiger partial charge on any atom is -0.497 e. The Morgan fingerprint density at radius 1 is 0.789 bits per heavy atom. The van der Waals surface area contributed by atoms with Crippen molar-refractivity contribution in [3.05, 3.63) is 95.6 Å². The van der Waals surface area contributed by atoms with Crippen LogP contribution in [0.15, 0.2) is 72.8 Å². The Balaban J connectivity index is 1.17. The summed E-state index contributed by atoms with van der Waals surface area (Å²) in [5, 5.41) is 0. The van der Waals surface area contributed by atoms with Crippen molar-refractivity contribution in [1.82, 2.24) is 9.80 Å². The Morgan fingerprint density at radius 3 is 1.89 bits per heavy atom. The highest BCUT2D eigenvalue weighted by molar-refractivity contribution is 5.76. The molecule has 5 nitrogen and oxygen atoms in total. The number of amides is 1. The third-order valence-corrected chi connectivity index (χ3v) is 7.14. The molecule has 0 saturated carbocycles. The second-order valence-corrected chi connectivity index (χ2v) is 9.65. The van der Waals surface area contributed by atoms with Crippen LogP contribution in [0.25, 0.3) is 0 Å². The van der Waals surface area contributed by atoms with E-state index < -0.39 is 0 Å². The van der Waals surface area contributed by atoms with Gasteiger partial charge in [-0.2, -0.15) is 0 Å². The van der Waals surface area contributed by atoms with E-state index in [1.165, 1.54) is 24.3 Å². The molecule has 0 atom stereocenters. The van der Waals surface area contributed by atoms with Gasteiger partial charge in [0.15, 0.2) is 0 Å². The number of hydrogen-bond donors (Lipinski definition) is 0. The minimum atomic E-state index is -0.276. The van der Waals surface area contributed by atoms with Crippen molar-refractivity contribution in [2.45, 2.75) is 31.6 Å². The molecule has 0 bridgehead atoms. The van der Waals surface area contributed by atoms with Crippen LogP contribution in [0.3, 0.4) is 0 Å². The molecule has 1 heterocycles. The molecule has 0 unspecified atom stereocenters. The van der Waals surface area contributed by atoms with Crippen LogP contribution in [0.2, 0.25) is 0 Å². The number of hydrogen-bond acceptors (Lipinski definition) is 4. The molecule has 3 aromatic carbocycles. The summed E-state index contributed by atoms with van der Waals surface area (Å²) in [6.45, 7) is 4.57. The molecule has 1 aliphatic heterocycles. The molecule has 0 spiro atoms. The summed E-state index contributed by atoms with van der Waals surface area (Å²) < 4.78 is 37.9. The number of unbranched alkanes of at least 4 members (excludes halogenated alkanes) is 1. The van der Waals surface area contributed by atoms with E-state index in [-0.39, 0.29) is 23.5 Å². The van der Waals surface area contributed by atoms with Crippen LogP contribution < -0.4 is 9.47 Å². The highest BCUT2D eigenvalue weighted by atomic mass is 19.1. The Morgan fingerprint density at radius 2 is 1.34 bits per heavy atom. The maximum atomic E-state index is 13.5. The van der Waals surface area contributed by atoms with Crippen LogP contribution in [0.4, 0.5) is 8.78 Å². The van der Waals surface area contributed by atoms with E-state index in [9.17, 15) is 13.6 Å². The van der Waals surface area contributed by atoms with Gasteiger partial charge in [-0.3, -0.25) is 9.69 Å². The van der Waals surface area contributed by atoms with Crippen LogP contribution in [-0.2, 0) is 4.79 Å². The summed E-state index contributed by atoms with van der Waals surface area (Å²) >= 11 is 0.